The minimum absolute atomic E-state index is 0.221. The number of rotatable bonds is 3. The molecular formula is C10H11N3O. The Morgan fingerprint density at radius 3 is 3.07 bits per heavy atom. The van der Waals surface area contributed by atoms with E-state index >= 15 is 0 Å². The zero-order chi connectivity index (χ0) is 10.4. The zero-order valence-electron chi connectivity index (χ0n) is 7.60. The maximum absolute atomic E-state index is 11.3. The van der Waals surface area contributed by atoms with E-state index in [1.807, 2.05) is 0 Å². The standard InChI is InChI=1S/C10H11N3O/c1-2-5-8(11)10(14)13-9-6-3-4-7-12-9/h1,3-4,6-8H,5,11H2,(H,12,13,14). The van der Waals surface area contributed by atoms with Gasteiger partial charge in [-0.1, -0.05) is 6.07 Å². The minimum Gasteiger partial charge on any atom is -0.319 e. The van der Waals surface area contributed by atoms with Crippen LogP contribution >= 0.6 is 0 Å². The highest BCUT2D eigenvalue weighted by atomic mass is 16.2. The molecule has 0 aliphatic rings. The second kappa shape index (κ2) is 5.00. The molecule has 1 atom stereocenters. The van der Waals surface area contributed by atoms with Crippen molar-refractivity contribution >= 4 is 11.7 Å². The number of hydrogen-bond acceptors (Lipinski definition) is 3. The van der Waals surface area contributed by atoms with E-state index in [2.05, 4.69) is 16.2 Å². The Labute approximate surface area is 82.5 Å². The highest BCUT2D eigenvalue weighted by Crippen LogP contribution is 2.00. The largest absolute Gasteiger partial charge is 0.319 e. The predicted octanol–water partition coefficient (Wildman–Crippen LogP) is 0.371. The SMILES string of the molecule is C#CCC(N)C(=O)Nc1ccccn1. The summed E-state index contributed by atoms with van der Waals surface area (Å²) in [6.45, 7) is 0. The summed E-state index contributed by atoms with van der Waals surface area (Å²) in [5, 5.41) is 2.56. The monoisotopic (exact) mass is 189 g/mol. The molecule has 72 valence electrons. The number of hydrogen-bond donors (Lipinski definition) is 2. The second-order valence-corrected chi connectivity index (χ2v) is 2.72. The molecule has 4 heteroatoms. The van der Waals surface area contributed by atoms with Crippen molar-refractivity contribution in [2.75, 3.05) is 5.32 Å². The lowest BCUT2D eigenvalue weighted by atomic mass is 10.2. The molecule has 1 aromatic heterocycles. The van der Waals surface area contributed by atoms with E-state index in [-0.39, 0.29) is 12.3 Å². The first-order valence-electron chi connectivity index (χ1n) is 4.15. The molecule has 0 saturated heterocycles. The van der Waals surface area contributed by atoms with Gasteiger partial charge in [0.05, 0.1) is 6.04 Å². The summed E-state index contributed by atoms with van der Waals surface area (Å²) in [6, 6.07) is 4.54. The maximum Gasteiger partial charge on any atom is 0.243 e. The number of amides is 1. The number of nitrogens with one attached hydrogen (secondary N) is 1. The van der Waals surface area contributed by atoms with Crippen LogP contribution in [-0.4, -0.2) is 16.9 Å². The van der Waals surface area contributed by atoms with Gasteiger partial charge >= 0.3 is 0 Å². The lowest BCUT2D eigenvalue weighted by Gasteiger charge is -2.08. The van der Waals surface area contributed by atoms with Crippen LogP contribution in [0.1, 0.15) is 6.42 Å². The number of pyridine rings is 1. The third-order valence-electron chi connectivity index (χ3n) is 1.59. The molecule has 0 saturated carbocycles. The molecule has 3 N–H and O–H groups in total. The van der Waals surface area contributed by atoms with Crippen molar-refractivity contribution in [3.8, 4) is 12.3 Å². The fourth-order valence-electron chi connectivity index (χ4n) is 0.875. The fraction of sp³-hybridized carbons (Fsp3) is 0.200. The quantitative estimate of drug-likeness (QED) is 0.675. The summed E-state index contributed by atoms with van der Waals surface area (Å²) in [5.74, 6) is 2.49. The third-order valence-corrected chi connectivity index (χ3v) is 1.59. The van der Waals surface area contributed by atoms with Gasteiger partial charge in [-0.2, -0.15) is 0 Å². The normalized spacial score (nSPS) is 11.4. The van der Waals surface area contributed by atoms with E-state index in [1.165, 1.54) is 0 Å². The number of carbonyl (C=O) groups is 1. The van der Waals surface area contributed by atoms with Crippen LogP contribution in [0.5, 0.6) is 0 Å². The molecule has 1 unspecified atom stereocenters. The summed E-state index contributed by atoms with van der Waals surface area (Å²) in [4.78, 5) is 15.3. The summed E-state index contributed by atoms with van der Waals surface area (Å²) in [5.41, 5.74) is 5.49. The molecule has 0 aliphatic heterocycles. The van der Waals surface area contributed by atoms with E-state index in [0.717, 1.165) is 0 Å². The number of nitrogens with two attached hydrogens (primary N) is 1. The molecule has 4 nitrogen and oxygen atoms in total. The number of carbonyl (C=O) groups excluding carboxylic acids is 1. The first kappa shape index (κ1) is 10.2. The summed E-state index contributed by atoms with van der Waals surface area (Å²) in [6.07, 6.45) is 6.84. The molecular weight excluding hydrogens is 178 g/mol. The van der Waals surface area contributed by atoms with Gasteiger partial charge in [0.15, 0.2) is 0 Å². The Hall–Kier alpha value is -1.86. The smallest absolute Gasteiger partial charge is 0.243 e. The van der Waals surface area contributed by atoms with Crippen molar-refractivity contribution in [3.05, 3.63) is 24.4 Å². The van der Waals surface area contributed by atoms with Crippen LogP contribution in [0.3, 0.4) is 0 Å². The molecule has 1 rings (SSSR count). The van der Waals surface area contributed by atoms with Gasteiger partial charge in [0.1, 0.15) is 5.82 Å². The average molecular weight is 189 g/mol. The number of terminal acetylenes is 1. The van der Waals surface area contributed by atoms with Gasteiger partial charge in [0.2, 0.25) is 5.91 Å². The van der Waals surface area contributed by atoms with Crippen LogP contribution in [0.2, 0.25) is 0 Å². The number of aromatic nitrogens is 1. The molecule has 1 amide bonds. The van der Waals surface area contributed by atoms with Crippen molar-refractivity contribution in [2.24, 2.45) is 5.73 Å². The Balaban J connectivity index is 2.54. The Morgan fingerprint density at radius 1 is 1.71 bits per heavy atom. The number of nitrogens with zero attached hydrogens (tertiary/aromatic N) is 1. The van der Waals surface area contributed by atoms with E-state index < -0.39 is 6.04 Å². The van der Waals surface area contributed by atoms with Crippen LogP contribution < -0.4 is 11.1 Å². The second-order valence-electron chi connectivity index (χ2n) is 2.72. The molecule has 0 spiro atoms. The van der Waals surface area contributed by atoms with Crippen LogP contribution in [0.4, 0.5) is 5.82 Å². The van der Waals surface area contributed by atoms with Crippen molar-refractivity contribution in [3.63, 3.8) is 0 Å². The van der Waals surface area contributed by atoms with Crippen molar-refractivity contribution in [2.45, 2.75) is 12.5 Å². The molecule has 0 aliphatic carbocycles. The van der Waals surface area contributed by atoms with E-state index in [1.54, 1.807) is 24.4 Å². The highest BCUT2D eigenvalue weighted by Gasteiger charge is 2.11. The lowest BCUT2D eigenvalue weighted by molar-refractivity contribution is -0.117. The van der Waals surface area contributed by atoms with E-state index in [0.29, 0.717) is 5.82 Å². The average Bonchev–Trinajstić information content (AvgIpc) is 2.19. The van der Waals surface area contributed by atoms with Gasteiger partial charge in [0, 0.05) is 12.6 Å². The lowest BCUT2D eigenvalue weighted by Crippen LogP contribution is -2.35. The van der Waals surface area contributed by atoms with Crippen molar-refractivity contribution in [1.82, 2.24) is 4.98 Å². The van der Waals surface area contributed by atoms with Crippen LogP contribution in [0.25, 0.3) is 0 Å². The van der Waals surface area contributed by atoms with Crippen molar-refractivity contribution < 1.29 is 4.79 Å². The van der Waals surface area contributed by atoms with Crippen LogP contribution in [0.15, 0.2) is 24.4 Å². The van der Waals surface area contributed by atoms with Gasteiger partial charge in [-0.05, 0) is 12.1 Å². The van der Waals surface area contributed by atoms with E-state index in [9.17, 15) is 4.79 Å². The molecule has 1 aromatic rings. The fourth-order valence-corrected chi connectivity index (χ4v) is 0.875. The molecule has 0 bridgehead atoms. The first-order valence-corrected chi connectivity index (χ1v) is 4.15. The zero-order valence-corrected chi connectivity index (χ0v) is 7.60. The Bertz CT molecular complexity index is 342. The van der Waals surface area contributed by atoms with Crippen LogP contribution in [0, 0.1) is 12.3 Å². The summed E-state index contributed by atoms with van der Waals surface area (Å²) >= 11 is 0. The van der Waals surface area contributed by atoms with Gasteiger partial charge in [0.25, 0.3) is 0 Å². The summed E-state index contributed by atoms with van der Waals surface area (Å²) < 4.78 is 0. The van der Waals surface area contributed by atoms with Gasteiger partial charge < -0.3 is 11.1 Å². The number of anilines is 1. The van der Waals surface area contributed by atoms with Crippen LogP contribution in [-0.2, 0) is 4.79 Å². The van der Waals surface area contributed by atoms with Crippen molar-refractivity contribution in [1.29, 1.82) is 0 Å². The molecule has 14 heavy (non-hydrogen) atoms. The molecule has 0 fully saturated rings. The first-order chi connectivity index (χ1) is 6.74. The topological polar surface area (TPSA) is 68.0 Å². The molecule has 0 radical (unpaired) electrons. The van der Waals surface area contributed by atoms with Gasteiger partial charge in [-0.25, -0.2) is 4.98 Å². The molecule has 0 aromatic carbocycles. The minimum atomic E-state index is -0.679. The highest BCUT2D eigenvalue weighted by molar-refractivity contribution is 5.93. The third kappa shape index (κ3) is 2.88. The Kier molecular flexibility index (Phi) is 3.65. The van der Waals surface area contributed by atoms with E-state index in [4.69, 9.17) is 12.2 Å². The van der Waals surface area contributed by atoms with Gasteiger partial charge in [-0.15, -0.1) is 12.3 Å². The molecule has 1 heterocycles. The maximum atomic E-state index is 11.3. The van der Waals surface area contributed by atoms with Gasteiger partial charge in [-0.3, -0.25) is 4.79 Å². The summed E-state index contributed by atoms with van der Waals surface area (Å²) in [7, 11) is 0. The predicted molar refractivity (Wildman–Crippen MR) is 54.3 cm³/mol. The Morgan fingerprint density at radius 2 is 2.50 bits per heavy atom.